The maximum Gasteiger partial charge on any atom is 0.450 e. The van der Waals surface area contributed by atoms with Gasteiger partial charge in [-0.3, -0.25) is 9.59 Å². The van der Waals surface area contributed by atoms with Gasteiger partial charge in [0.25, 0.3) is 0 Å². The van der Waals surface area contributed by atoms with Crippen molar-refractivity contribution < 1.29 is 72.1 Å². The first-order valence-corrected chi connectivity index (χ1v) is 3.49. The number of carbonyl (C=O) groups is 2. The Balaban J connectivity index is 0. The molecule has 2 nitrogen and oxygen atoms in total. The Labute approximate surface area is 115 Å². The van der Waals surface area contributed by atoms with Crippen LogP contribution >= 0.6 is 0 Å². The van der Waals surface area contributed by atoms with Crippen molar-refractivity contribution >= 4 is 11.6 Å². The van der Waals surface area contributed by atoms with Gasteiger partial charge in [0.1, 0.15) is 5.78 Å². The first-order chi connectivity index (χ1) is 5.38. The van der Waals surface area contributed by atoms with Crippen LogP contribution in [0.5, 0.6) is 0 Å². The third-order valence-corrected chi connectivity index (χ3v) is 1.20. The van der Waals surface area contributed by atoms with Crippen molar-refractivity contribution in [3.63, 3.8) is 0 Å². The van der Waals surface area contributed by atoms with Crippen LogP contribution in [0.25, 0.3) is 0 Å². The van der Waals surface area contributed by atoms with E-state index >= 15 is 0 Å². The number of hydrogen-bond donors (Lipinski definition) is 0. The quantitative estimate of drug-likeness (QED) is 0.736. The number of alkyl halides is 3. The van der Waals surface area contributed by atoms with E-state index in [0.29, 0.717) is 6.42 Å². The number of carbonyl (C=O) groups excluding carboxylic acids is 2. The zero-order chi connectivity index (χ0) is 9.78. The van der Waals surface area contributed by atoms with Gasteiger partial charge >= 0.3 is 6.18 Å². The van der Waals surface area contributed by atoms with Gasteiger partial charge < -0.3 is 0 Å². The van der Waals surface area contributed by atoms with Gasteiger partial charge in [0.2, 0.25) is 5.78 Å². The number of ketones is 2. The first-order valence-electron chi connectivity index (χ1n) is 3.49. The van der Waals surface area contributed by atoms with Crippen molar-refractivity contribution in [3.05, 3.63) is 0 Å². The van der Waals surface area contributed by atoms with Crippen LogP contribution < -0.4 is 0 Å². The van der Waals surface area contributed by atoms with Crippen LogP contribution in [0.3, 0.4) is 0 Å². The molecule has 0 unspecified atom stereocenters. The second kappa shape index (κ2) is 7.07. The molecule has 0 fully saturated rings. The van der Waals surface area contributed by atoms with Gasteiger partial charge in [0.05, 0.1) is 6.42 Å². The predicted molar refractivity (Wildman–Crippen MR) is 35.6 cm³/mol. The molecule has 0 heterocycles. The first kappa shape index (κ1) is 16.2. The van der Waals surface area contributed by atoms with E-state index in [-0.39, 0.29) is 55.8 Å². The zero-order valence-corrected chi connectivity index (χ0v) is 9.37. The third kappa shape index (κ3) is 7.76. The largest absolute Gasteiger partial charge is 0.450 e. The summed E-state index contributed by atoms with van der Waals surface area (Å²) in [6.07, 6.45) is -5.40. The van der Waals surface area contributed by atoms with E-state index in [4.69, 9.17) is 0 Å². The number of halogens is 3. The molecule has 0 amide bonds. The van der Waals surface area contributed by atoms with Gasteiger partial charge in [-0.1, -0.05) is 6.92 Å². The molecule has 0 saturated carbocycles. The maximum absolute atomic E-state index is 11.5. The molecule has 1 radical (unpaired) electrons. The molecule has 77 valence electrons. The fourth-order valence-electron chi connectivity index (χ4n) is 0.647. The van der Waals surface area contributed by atoms with Crippen LogP contribution in [0.15, 0.2) is 0 Å². The molecule has 6 heteroatoms. The summed E-state index contributed by atoms with van der Waals surface area (Å²) >= 11 is 0. The van der Waals surface area contributed by atoms with E-state index in [1.807, 2.05) is 0 Å². The molecule has 0 saturated heterocycles. The van der Waals surface area contributed by atoms with Crippen molar-refractivity contribution in [1.29, 1.82) is 0 Å². The van der Waals surface area contributed by atoms with E-state index in [0.717, 1.165) is 0 Å². The topological polar surface area (TPSA) is 34.1 Å². The Morgan fingerprint density at radius 2 is 1.69 bits per heavy atom. The molecule has 0 aliphatic heterocycles. The molecular formula is C7H9EuF3O2. The molecule has 0 N–H and O–H groups in total. The van der Waals surface area contributed by atoms with Crippen LogP contribution in [0.2, 0.25) is 0 Å². The van der Waals surface area contributed by atoms with Gasteiger partial charge in [0, 0.05) is 55.8 Å². The van der Waals surface area contributed by atoms with E-state index < -0.39 is 24.2 Å². The zero-order valence-electron chi connectivity index (χ0n) is 6.95. The monoisotopic (exact) mass is 335 g/mol. The van der Waals surface area contributed by atoms with Crippen LogP contribution in [-0.2, 0) is 9.59 Å². The summed E-state index contributed by atoms with van der Waals surface area (Å²) in [5.74, 6) is -2.61. The molecule has 0 aromatic rings. The van der Waals surface area contributed by atoms with Crippen molar-refractivity contribution in [2.75, 3.05) is 0 Å². The van der Waals surface area contributed by atoms with Gasteiger partial charge in [-0.2, -0.15) is 13.2 Å². The van der Waals surface area contributed by atoms with Gasteiger partial charge in [-0.05, 0) is 6.42 Å². The Bertz CT molecular complexity index is 189. The Morgan fingerprint density at radius 3 is 2.00 bits per heavy atom. The van der Waals surface area contributed by atoms with Crippen molar-refractivity contribution in [2.24, 2.45) is 0 Å². The van der Waals surface area contributed by atoms with Crippen molar-refractivity contribution in [1.82, 2.24) is 0 Å². The number of rotatable bonds is 4. The average molecular weight is 334 g/mol. The third-order valence-electron chi connectivity index (χ3n) is 1.20. The Morgan fingerprint density at radius 1 is 1.23 bits per heavy atom. The minimum absolute atomic E-state index is 0. The minimum Gasteiger partial charge on any atom is -0.299 e. The Hall–Kier alpha value is 0.714. The summed E-state index contributed by atoms with van der Waals surface area (Å²) in [5, 5.41) is 0. The van der Waals surface area contributed by atoms with Crippen LogP contribution in [0.1, 0.15) is 26.2 Å². The number of hydrogen-bond acceptors (Lipinski definition) is 2. The Kier molecular flexibility index (Phi) is 8.78. The molecule has 0 aliphatic carbocycles. The fraction of sp³-hybridized carbons (Fsp3) is 0.714. The molecule has 0 aliphatic rings. The molecule has 0 rings (SSSR count). The van der Waals surface area contributed by atoms with Crippen LogP contribution in [-0.4, -0.2) is 17.7 Å². The standard InChI is InChI=1S/C7H9F3O2.Eu/c1-2-3-5(11)4-6(12)7(8,9)10;/h2-4H2,1H3;. The summed E-state index contributed by atoms with van der Waals surface area (Å²) in [6.45, 7) is 1.66. The second-order valence-electron chi connectivity index (χ2n) is 2.39. The normalized spacial score (nSPS) is 10.5. The second-order valence-corrected chi connectivity index (χ2v) is 2.39. The van der Waals surface area contributed by atoms with E-state index in [9.17, 15) is 22.8 Å². The molecule has 0 aromatic carbocycles. The van der Waals surface area contributed by atoms with E-state index in [1.54, 1.807) is 6.92 Å². The van der Waals surface area contributed by atoms with Gasteiger partial charge in [-0.15, -0.1) is 0 Å². The van der Waals surface area contributed by atoms with Crippen molar-refractivity contribution in [3.8, 4) is 0 Å². The smallest absolute Gasteiger partial charge is 0.299 e. The molecule has 0 bridgehead atoms. The molecular weight excluding hydrogens is 325 g/mol. The summed E-state index contributed by atoms with van der Waals surface area (Å²) in [4.78, 5) is 20.8. The fourth-order valence-corrected chi connectivity index (χ4v) is 0.647. The van der Waals surface area contributed by atoms with Crippen LogP contribution in [0, 0.1) is 49.4 Å². The summed E-state index contributed by atoms with van der Waals surface area (Å²) in [5.41, 5.74) is 0. The summed E-state index contributed by atoms with van der Waals surface area (Å²) in [7, 11) is 0. The SMILES string of the molecule is CCCC(=O)CC(=O)C(F)(F)F.[Eu]. The van der Waals surface area contributed by atoms with Gasteiger partial charge in [0.15, 0.2) is 0 Å². The maximum atomic E-state index is 11.5. The minimum atomic E-state index is -4.87. The van der Waals surface area contributed by atoms with E-state index in [1.165, 1.54) is 0 Å². The average Bonchev–Trinajstić information content (AvgIpc) is 1.85. The molecule has 0 aromatic heterocycles. The van der Waals surface area contributed by atoms with Gasteiger partial charge in [-0.25, -0.2) is 0 Å². The summed E-state index contributed by atoms with van der Waals surface area (Å²) in [6, 6.07) is 0. The van der Waals surface area contributed by atoms with Crippen LogP contribution in [0.4, 0.5) is 13.2 Å². The molecule has 0 spiro atoms. The molecule has 13 heavy (non-hydrogen) atoms. The molecule has 0 atom stereocenters. The van der Waals surface area contributed by atoms with E-state index in [2.05, 4.69) is 0 Å². The number of Topliss-reactive ketones (excluding diaryl/α,β-unsaturated/α-hetero) is 2. The predicted octanol–water partition coefficient (Wildman–Crippen LogP) is 1.88. The van der Waals surface area contributed by atoms with Crippen molar-refractivity contribution in [2.45, 2.75) is 32.4 Å². The summed E-state index contributed by atoms with van der Waals surface area (Å²) < 4.78 is 34.6.